The molecule has 1 aromatic rings. The van der Waals surface area contributed by atoms with Crippen molar-refractivity contribution in [3.8, 4) is 5.88 Å². The summed E-state index contributed by atoms with van der Waals surface area (Å²) in [5.74, 6) is 1.35. The Kier molecular flexibility index (Phi) is 5.69. The maximum atomic E-state index is 5.58. The van der Waals surface area contributed by atoms with Gasteiger partial charge in [-0.15, -0.1) is 0 Å². The quantitative estimate of drug-likeness (QED) is 0.753. The van der Waals surface area contributed by atoms with Crippen molar-refractivity contribution in [2.45, 2.75) is 20.8 Å². The van der Waals surface area contributed by atoms with Crippen LogP contribution >= 0.6 is 15.9 Å². The van der Waals surface area contributed by atoms with E-state index in [2.05, 4.69) is 44.6 Å². The standard InChI is InChI=1S/C11H18BrN3O/c1-4-15(5-2)6-7-16-11-8-10(12)13-9(3)14-11/h8H,4-7H2,1-3H3. The van der Waals surface area contributed by atoms with Crippen LogP contribution in [0.25, 0.3) is 0 Å². The van der Waals surface area contributed by atoms with Gasteiger partial charge in [-0.2, -0.15) is 4.98 Å². The number of hydrogen-bond acceptors (Lipinski definition) is 4. The van der Waals surface area contributed by atoms with Gasteiger partial charge in [0.15, 0.2) is 0 Å². The molecular formula is C11H18BrN3O. The minimum atomic E-state index is 0.631. The summed E-state index contributed by atoms with van der Waals surface area (Å²) in [6.07, 6.45) is 0. The van der Waals surface area contributed by atoms with E-state index in [9.17, 15) is 0 Å². The summed E-state index contributed by atoms with van der Waals surface area (Å²) < 4.78 is 6.34. The van der Waals surface area contributed by atoms with Crippen LogP contribution in [0, 0.1) is 6.92 Å². The fourth-order valence-corrected chi connectivity index (χ4v) is 1.85. The van der Waals surface area contributed by atoms with Gasteiger partial charge in [-0.25, -0.2) is 4.98 Å². The number of halogens is 1. The average molecular weight is 288 g/mol. The Bertz CT molecular complexity index is 309. The van der Waals surface area contributed by atoms with Gasteiger partial charge in [-0.1, -0.05) is 13.8 Å². The Morgan fingerprint density at radius 3 is 2.56 bits per heavy atom. The highest BCUT2D eigenvalue weighted by Gasteiger charge is 2.02. The van der Waals surface area contributed by atoms with Crippen LogP contribution in [0.1, 0.15) is 19.7 Å². The highest BCUT2D eigenvalue weighted by molar-refractivity contribution is 9.10. The van der Waals surface area contributed by atoms with Gasteiger partial charge in [0, 0.05) is 12.6 Å². The Labute approximate surface area is 105 Å². The van der Waals surface area contributed by atoms with Gasteiger partial charge < -0.3 is 9.64 Å². The third-order valence-corrected chi connectivity index (χ3v) is 2.74. The summed E-state index contributed by atoms with van der Waals surface area (Å²) in [4.78, 5) is 10.6. The van der Waals surface area contributed by atoms with Crippen LogP contribution in [0.2, 0.25) is 0 Å². The molecule has 1 rings (SSSR count). The minimum absolute atomic E-state index is 0.631. The predicted octanol–water partition coefficient (Wildman–Crippen LogP) is 2.27. The summed E-state index contributed by atoms with van der Waals surface area (Å²) in [5, 5.41) is 0. The fourth-order valence-electron chi connectivity index (χ4n) is 1.40. The van der Waals surface area contributed by atoms with Gasteiger partial charge in [0.05, 0.1) is 0 Å². The summed E-state index contributed by atoms with van der Waals surface area (Å²) in [7, 11) is 0. The second-order valence-electron chi connectivity index (χ2n) is 3.45. The van der Waals surface area contributed by atoms with Crippen LogP contribution in [0.3, 0.4) is 0 Å². The fraction of sp³-hybridized carbons (Fsp3) is 0.636. The Hall–Kier alpha value is -0.680. The van der Waals surface area contributed by atoms with Gasteiger partial charge in [0.25, 0.3) is 0 Å². The molecule has 5 heteroatoms. The van der Waals surface area contributed by atoms with E-state index in [1.54, 1.807) is 6.07 Å². The molecule has 0 spiro atoms. The molecule has 0 fully saturated rings. The highest BCUT2D eigenvalue weighted by Crippen LogP contribution is 2.13. The first kappa shape index (κ1) is 13.4. The Morgan fingerprint density at radius 2 is 2.00 bits per heavy atom. The molecule has 0 aliphatic heterocycles. The lowest BCUT2D eigenvalue weighted by atomic mass is 10.5. The van der Waals surface area contributed by atoms with Crippen LogP contribution < -0.4 is 4.74 Å². The number of aromatic nitrogens is 2. The second-order valence-corrected chi connectivity index (χ2v) is 4.26. The molecule has 0 bridgehead atoms. The van der Waals surface area contributed by atoms with Crippen molar-refractivity contribution in [3.05, 3.63) is 16.5 Å². The minimum Gasteiger partial charge on any atom is -0.476 e. The molecule has 0 atom stereocenters. The molecule has 0 unspecified atom stereocenters. The smallest absolute Gasteiger partial charge is 0.217 e. The van der Waals surface area contributed by atoms with E-state index in [0.29, 0.717) is 18.3 Å². The van der Waals surface area contributed by atoms with Crippen molar-refractivity contribution < 1.29 is 4.74 Å². The van der Waals surface area contributed by atoms with Crippen molar-refractivity contribution in [1.82, 2.24) is 14.9 Å². The monoisotopic (exact) mass is 287 g/mol. The number of likely N-dealkylation sites (N-methyl/N-ethyl adjacent to an activating group) is 1. The van der Waals surface area contributed by atoms with E-state index in [1.165, 1.54) is 0 Å². The molecule has 0 saturated heterocycles. The first-order chi connectivity index (χ1) is 7.65. The first-order valence-corrected chi connectivity index (χ1v) is 6.31. The second kappa shape index (κ2) is 6.81. The van der Waals surface area contributed by atoms with E-state index >= 15 is 0 Å². The van der Waals surface area contributed by atoms with E-state index < -0.39 is 0 Å². The van der Waals surface area contributed by atoms with Crippen LogP contribution in [-0.2, 0) is 0 Å². The molecule has 4 nitrogen and oxygen atoms in total. The zero-order valence-electron chi connectivity index (χ0n) is 10.0. The van der Waals surface area contributed by atoms with Crippen LogP contribution in [-0.4, -0.2) is 41.1 Å². The molecule has 0 aromatic carbocycles. The lowest BCUT2D eigenvalue weighted by molar-refractivity contribution is 0.217. The largest absolute Gasteiger partial charge is 0.476 e. The third kappa shape index (κ3) is 4.45. The number of hydrogen-bond donors (Lipinski definition) is 0. The van der Waals surface area contributed by atoms with Gasteiger partial charge in [-0.05, 0) is 35.9 Å². The molecule has 0 N–H and O–H groups in total. The molecule has 0 amide bonds. The molecule has 16 heavy (non-hydrogen) atoms. The van der Waals surface area contributed by atoms with E-state index in [-0.39, 0.29) is 0 Å². The SMILES string of the molecule is CCN(CC)CCOc1cc(Br)nc(C)n1. The zero-order chi connectivity index (χ0) is 12.0. The third-order valence-electron chi connectivity index (χ3n) is 2.34. The van der Waals surface area contributed by atoms with Gasteiger partial charge >= 0.3 is 0 Å². The topological polar surface area (TPSA) is 38.2 Å². The van der Waals surface area contributed by atoms with E-state index in [4.69, 9.17) is 4.74 Å². The highest BCUT2D eigenvalue weighted by atomic mass is 79.9. The molecular weight excluding hydrogens is 270 g/mol. The van der Waals surface area contributed by atoms with Crippen molar-refractivity contribution in [2.24, 2.45) is 0 Å². The maximum Gasteiger partial charge on any atom is 0.217 e. The van der Waals surface area contributed by atoms with Crippen LogP contribution in [0.4, 0.5) is 0 Å². The van der Waals surface area contributed by atoms with Crippen molar-refractivity contribution in [1.29, 1.82) is 0 Å². The molecule has 90 valence electrons. The lowest BCUT2D eigenvalue weighted by Crippen LogP contribution is -2.28. The molecule has 0 saturated carbocycles. The maximum absolute atomic E-state index is 5.58. The van der Waals surface area contributed by atoms with Gasteiger partial charge in [0.1, 0.15) is 17.0 Å². The summed E-state index contributed by atoms with van der Waals surface area (Å²) in [6, 6.07) is 1.79. The average Bonchev–Trinajstić information content (AvgIpc) is 2.23. The lowest BCUT2D eigenvalue weighted by Gasteiger charge is -2.17. The van der Waals surface area contributed by atoms with Crippen molar-refractivity contribution >= 4 is 15.9 Å². The zero-order valence-corrected chi connectivity index (χ0v) is 11.6. The van der Waals surface area contributed by atoms with Crippen LogP contribution in [0.5, 0.6) is 5.88 Å². The predicted molar refractivity (Wildman–Crippen MR) is 67.8 cm³/mol. The Balaban J connectivity index is 2.42. The molecule has 1 heterocycles. The Morgan fingerprint density at radius 1 is 1.31 bits per heavy atom. The van der Waals surface area contributed by atoms with Gasteiger partial charge in [-0.3, -0.25) is 0 Å². The normalized spacial score (nSPS) is 10.8. The van der Waals surface area contributed by atoms with Gasteiger partial charge in [0.2, 0.25) is 5.88 Å². The number of ether oxygens (including phenoxy) is 1. The summed E-state index contributed by atoms with van der Waals surface area (Å²) in [5.41, 5.74) is 0. The van der Waals surface area contributed by atoms with Crippen LogP contribution in [0.15, 0.2) is 10.7 Å². The van der Waals surface area contributed by atoms with Crippen molar-refractivity contribution in [2.75, 3.05) is 26.2 Å². The van der Waals surface area contributed by atoms with E-state index in [1.807, 2.05) is 6.92 Å². The number of nitrogens with zero attached hydrogens (tertiary/aromatic N) is 3. The van der Waals surface area contributed by atoms with E-state index in [0.717, 1.165) is 24.2 Å². The number of rotatable bonds is 6. The first-order valence-electron chi connectivity index (χ1n) is 5.52. The molecule has 0 aliphatic carbocycles. The van der Waals surface area contributed by atoms with Crippen molar-refractivity contribution in [3.63, 3.8) is 0 Å². The molecule has 1 aromatic heterocycles. The number of aryl methyl sites for hydroxylation is 1. The summed E-state index contributed by atoms with van der Waals surface area (Å²) >= 11 is 3.32. The summed E-state index contributed by atoms with van der Waals surface area (Å²) in [6.45, 7) is 9.82. The molecule has 0 radical (unpaired) electrons. The molecule has 0 aliphatic rings.